The zero-order valence-electron chi connectivity index (χ0n) is 17.0. The molecule has 0 amide bonds. The minimum absolute atomic E-state index is 0.0218. The monoisotopic (exact) mass is 380 g/mol. The largest absolute Gasteiger partial charge is 0.468 e. The van der Waals surface area contributed by atoms with Crippen LogP contribution in [0.2, 0.25) is 0 Å². The average Bonchev–Trinajstić information content (AvgIpc) is 3.11. The molecule has 2 fully saturated rings. The van der Waals surface area contributed by atoms with Gasteiger partial charge in [0.25, 0.3) is 0 Å². The summed E-state index contributed by atoms with van der Waals surface area (Å²) in [7, 11) is 1.42. The fourth-order valence-corrected chi connectivity index (χ4v) is 7.09. The Morgan fingerprint density at radius 2 is 1.89 bits per heavy atom. The van der Waals surface area contributed by atoms with Gasteiger partial charge in [0.15, 0.2) is 0 Å². The zero-order chi connectivity index (χ0) is 19.9. The molecule has 0 N–H and O–H groups in total. The number of hydrogen-bond acceptors (Lipinski definition) is 4. The van der Waals surface area contributed by atoms with E-state index in [0.717, 1.165) is 48.8 Å². The molecule has 2 unspecified atom stereocenters. The van der Waals surface area contributed by atoms with E-state index in [1.54, 1.807) is 0 Å². The van der Waals surface area contributed by atoms with Crippen molar-refractivity contribution in [2.75, 3.05) is 7.11 Å². The molecule has 0 bridgehead atoms. The van der Waals surface area contributed by atoms with Gasteiger partial charge in [-0.1, -0.05) is 37.1 Å². The number of fused-ring (bicyclic) bond motifs is 3. The van der Waals surface area contributed by atoms with E-state index in [-0.39, 0.29) is 22.6 Å². The number of methoxy groups -OCH3 is 1. The van der Waals surface area contributed by atoms with Crippen LogP contribution in [0, 0.1) is 22.2 Å². The molecule has 0 heterocycles. The molecule has 148 valence electrons. The van der Waals surface area contributed by atoms with Crippen molar-refractivity contribution < 1.29 is 19.1 Å². The first-order valence-corrected chi connectivity index (χ1v) is 10.6. The van der Waals surface area contributed by atoms with Crippen LogP contribution in [0.4, 0.5) is 0 Å². The molecule has 4 heteroatoms. The van der Waals surface area contributed by atoms with Crippen molar-refractivity contribution in [2.45, 2.75) is 65.2 Å². The third-order valence-electron chi connectivity index (χ3n) is 8.79. The van der Waals surface area contributed by atoms with Crippen LogP contribution in [-0.4, -0.2) is 24.6 Å². The van der Waals surface area contributed by atoms with Crippen LogP contribution in [-0.2, 0) is 19.1 Å². The van der Waals surface area contributed by atoms with Gasteiger partial charge in [0.05, 0.1) is 12.5 Å². The highest BCUT2D eigenvalue weighted by molar-refractivity contribution is 5.96. The Hall–Kier alpha value is -1.97. The molecule has 0 aromatic heterocycles. The number of ether oxygens (including phenoxy) is 1. The highest BCUT2D eigenvalue weighted by Crippen LogP contribution is 2.70. The van der Waals surface area contributed by atoms with Gasteiger partial charge < -0.3 is 4.74 Å². The lowest BCUT2D eigenvalue weighted by molar-refractivity contribution is -0.143. The van der Waals surface area contributed by atoms with Gasteiger partial charge in [-0.15, -0.1) is 0 Å². The van der Waals surface area contributed by atoms with E-state index in [2.05, 4.69) is 19.9 Å². The lowest BCUT2D eigenvalue weighted by Gasteiger charge is -2.51. The van der Waals surface area contributed by atoms with Crippen LogP contribution in [0.1, 0.15) is 65.2 Å². The maximum absolute atomic E-state index is 13.2. The lowest BCUT2D eigenvalue weighted by Crippen LogP contribution is -2.46. The molecule has 0 aliphatic heterocycles. The summed E-state index contributed by atoms with van der Waals surface area (Å²) in [5.41, 5.74) is 3.91. The predicted molar refractivity (Wildman–Crippen MR) is 104 cm³/mol. The summed E-state index contributed by atoms with van der Waals surface area (Å²) < 4.78 is 5.17. The third kappa shape index (κ3) is 1.94. The second-order valence-electron chi connectivity index (χ2n) is 9.84. The van der Waals surface area contributed by atoms with E-state index in [9.17, 15) is 14.4 Å². The maximum atomic E-state index is 13.2. The first-order valence-electron chi connectivity index (χ1n) is 10.6. The van der Waals surface area contributed by atoms with Crippen LogP contribution in [0.5, 0.6) is 0 Å². The molecule has 28 heavy (non-hydrogen) atoms. The van der Waals surface area contributed by atoms with Gasteiger partial charge in [0, 0.05) is 24.7 Å². The van der Waals surface area contributed by atoms with Crippen molar-refractivity contribution in [1.82, 2.24) is 0 Å². The molecule has 4 atom stereocenters. The topological polar surface area (TPSA) is 60.4 Å². The number of ketones is 2. The Balaban J connectivity index is 1.72. The molecule has 5 rings (SSSR count). The Bertz CT molecular complexity index is 919. The second-order valence-corrected chi connectivity index (χ2v) is 9.84. The molecule has 1 spiro atoms. The quantitative estimate of drug-likeness (QED) is 0.504. The number of esters is 1. The van der Waals surface area contributed by atoms with Gasteiger partial charge in [-0.05, 0) is 48.7 Å². The normalized spacial score (nSPS) is 41.6. The molecule has 0 radical (unpaired) electrons. The fraction of sp³-hybridized carbons (Fsp3) is 0.625. The molecule has 2 saturated carbocycles. The minimum Gasteiger partial charge on any atom is -0.468 e. The van der Waals surface area contributed by atoms with Crippen molar-refractivity contribution in [3.63, 3.8) is 0 Å². The van der Waals surface area contributed by atoms with Crippen molar-refractivity contribution in [1.29, 1.82) is 0 Å². The Morgan fingerprint density at radius 3 is 2.64 bits per heavy atom. The predicted octanol–water partition coefficient (Wildman–Crippen LogP) is 4.25. The molecule has 5 aliphatic carbocycles. The lowest BCUT2D eigenvalue weighted by atomic mass is 9.51. The minimum atomic E-state index is -0.492. The number of allylic oxidation sites excluding steroid dienone is 4. The van der Waals surface area contributed by atoms with Gasteiger partial charge >= 0.3 is 5.97 Å². The number of carbonyl (C=O) groups is 3. The molecular weight excluding hydrogens is 352 g/mol. The number of carbonyl (C=O) groups excluding carboxylic acids is 3. The fourth-order valence-electron chi connectivity index (χ4n) is 7.09. The highest BCUT2D eigenvalue weighted by atomic mass is 16.5. The van der Waals surface area contributed by atoms with Gasteiger partial charge in [0.2, 0.25) is 0 Å². The molecule has 0 aromatic rings. The van der Waals surface area contributed by atoms with E-state index in [1.165, 1.54) is 12.7 Å². The first-order chi connectivity index (χ1) is 13.3. The van der Waals surface area contributed by atoms with Crippen LogP contribution in [0.3, 0.4) is 0 Å². The second kappa shape index (κ2) is 5.55. The van der Waals surface area contributed by atoms with Gasteiger partial charge in [0.1, 0.15) is 17.5 Å². The highest BCUT2D eigenvalue weighted by Gasteiger charge is 2.65. The summed E-state index contributed by atoms with van der Waals surface area (Å²) in [5.74, 6) is -0.166. The standard InChI is InChI=1S/C24H28O4/c1-22-8-5-18-20-16(21(27)28-3)13-14-12-15(25)4-10-23(14,2)17(20)6-11-24(18,22)19(26)7-9-22/h5,13,16H,4,6-12H2,1-3H3/t16-,22+,23?,24?/m1/s1. The maximum Gasteiger partial charge on any atom is 0.317 e. The third-order valence-corrected chi connectivity index (χ3v) is 8.79. The zero-order valence-corrected chi connectivity index (χ0v) is 17.0. The molecule has 5 aliphatic rings. The number of Topliss-reactive ketones (excluding diaryl/α,β-unsaturated/α-hetero) is 2. The van der Waals surface area contributed by atoms with Crippen molar-refractivity contribution in [2.24, 2.45) is 22.2 Å². The van der Waals surface area contributed by atoms with Gasteiger partial charge in [-0.3, -0.25) is 14.4 Å². The Morgan fingerprint density at radius 1 is 1.11 bits per heavy atom. The summed E-state index contributed by atoms with van der Waals surface area (Å²) in [6.45, 7) is 4.49. The number of hydrogen-bond donors (Lipinski definition) is 0. The van der Waals surface area contributed by atoms with Gasteiger partial charge in [-0.25, -0.2) is 0 Å². The van der Waals surface area contributed by atoms with E-state index in [1.807, 2.05) is 6.08 Å². The van der Waals surface area contributed by atoms with Crippen LogP contribution >= 0.6 is 0 Å². The van der Waals surface area contributed by atoms with E-state index >= 15 is 0 Å². The number of rotatable bonds is 1. The van der Waals surface area contributed by atoms with Crippen molar-refractivity contribution in [3.8, 4) is 0 Å². The Kier molecular flexibility index (Phi) is 3.58. The molecular formula is C24H28O4. The molecule has 0 aromatic carbocycles. The van der Waals surface area contributed by atoms with E-state index in [0.29, 0.717) is 25.0 Å². The van der Waals surface area contributed by atoms with Crippen LogP contribution in [0.25, 0.3) is 0 Å². The summed E-state index contributed by atoms with van der Waals surface area (Å²) in [6, 6.07) is 0. The Labute approximate surface area is 166 Å². The molecule has 4 nitrogen and oxygen atoms in total. The summed E-state index contributed by atoms with van der Waals surface area (Å²) in [4.78, 5) is 38.2. The van der Waals surface area contributed by atoms with E-state index in [4.69, 9.17) is 4.74 Å². The molecule has 0 saturated heterocycles. The summed E-state index contributed by atoms with van der Waals surface area (Å²) in [6.07, 6.45) is 10.2. The average molecular weight is 380 g/mol. The SMILES string of the molecule is COC(=O)[C@@H]1C=C2CC(=O)CCC2(C)C2=C1C1=CC[C@@]3(C)CCC(=O)C13CC2. The van der Waals surface area contributed by atoms with Crippen molar-refractivity contribution >= 4 is 17.5 Å². The van der Waals surface area contributed by atoms with Crippen LogP contribution < -0.4 is 0 Å². The summed E-state index contributed by atoms with van der Waals surface area (Å²) >= 11 is 0. The van der Waals surface area contributed by atoms with E-state index < -0.39 is 11.3 Å². The smallest absolute Gasteiger partial charge is 0.317 e. The summed E-state index contributed by atoms with van der Waals surface area (Å²) in [5, 5.41) is 0. The van der Waals surface area contributed by atoms with Crippen LogP contribution in [0.15, 0.2) is 34.4 Å². The van der Waals surface area contributed by atoms with Crippen molar-refractivity contribution in [3.05, 3.63) is 34.4 Å². The van der Waals surface area contributed by atoms with Gasteiger partial charge in [-0.2, -0.15) is 0 Å². The first kappa shape index (κ1) is 18.1.